The molecular formula is C25H25N3O4S. The molecule has 170 valence electrons. The van der Waals surface area contributed by atoms with Crippen molar-refractivity contribution in [1.82, 2.24) is 14.6 Å². The molecule has 0 fully saturated rings. The number of rotatable bonds is 9. The first-order chi connectivity index (χ1) is 16.1. The Labute approximate surface area is 195 Å². The lowest BCUT2D eigenvalue weighted by molar-refractivity contribution is 0.317. The quantitative estimate of drug-likeness (QED) is 0.379. The first kappa shape index (κ1) is 22.7. The summed E-state index contributed by atoms with van der Waals surface area (Å²) < 4.78 is 12.9. The Morgan fingerprint density at radius 1 is 0.909 bits per heavy atom. The van der Waals surface area contributed by atoms with Gasteiger partial charge < -0.3 is 9.47 Å². The fraction of sp³-hybridized carbons (Fsp3) is 0.280. The number of ether oxygens (including phenoxy) is 2. The van der Waals surface area contributed by atoms with Crippen molar-refractivity contribution >= 4 is 22.4 Å². The average Bonchev–Trinajstić information content (AvgIpc) is 3.12. The van der Waals surface area contributed by atoms with E-state index in [0.717, 1.165) is 46.8 Å². The standard InChI is InChI=1S/C25H25N3O4S/c1-3-13-31-19-9-5-17(6-10-19)15-21-23(29)26-25-28(27-21)24(30)22(33-25)16-18-7-11-20(12-8-18)32-14-4-2/h5-12,16H,3-4,13-15H2,1-2H3/b22-16-. The van der Waals surface area contributed by atoms with E-state index in [1.54, 1.807) is 6.08 Å². The summed E-state index contributed by atoms with van der Waals surface area (Å²) in [6, 6.07) is 15.0. The highest BCUT2D eigenvalue weighted by Crippen LogP contribution is 2.15. The summed E-state index contributed by atoms with van der Waals surface area (Å²) in [5.74, 6) is 1.57. The number of hydrogen-bond acceptors (Lipinski definition) is 7. The molecule has 4 aromatic rings. The van der Waals surface area contributed by atoms with Gasteiger partial charge in [0.1, 0.15) is 17.2 Å². The third-order valence-electron chi connectivity index (χ3n) is 4.87. The van der Waals surface area contributed by atoms with E-state index in [2.05, 4.69) is 17.0 Å². The Morgan fingerprint density at radius 2 is 1.52 bits per heavy atom. The molecule has 2 heterocycles. The molecule has 0 saturated heterocycles. The molecule has 0 aliphatic rings. The van der Waals surface area contributed by atoms with E-state index in [-0.39, 0.29) is 22.6 Å². The van der Waals surface area contributed by atoms with Gasteiger partial charge >= 0.3 is 0 Å². The summed E-state index contributed by atoms with van der Waals surface area (Å²) in [5, 5.41) is 4.32. The number of nitrogens with zero attached hydrogens (tertiary/aromatic N) is 3. The SMILES string of the molecule is CCCOc1ccc(/C=c2\sc3nc(=O)c(Cc4ccc(OCCC)cc4)nn3c2=O)cc1. The number of thiazole rings is 1. The molecule has 0 amide bonds. The molecule has 0 aliphatic carbocycles. The lowest BCUT2D eigenvalue weighted by Gasteiger charge is -2.05. The second kappa shape index (κ2) is 10.4. The van der Waals surface area contributed by atoms with Crippen molar-refractivity contribution in [3.8, 4) is 11.5 Å². The summed E-state index contributed by atoms with van der Waals surface area (Å²) >= 11 is 1.15. The van der Waals surface area contributed by atoms with Gasteiger partial charge in [0.05, 0.1) is 17.7 Å². The van der Waals surface area contributed by atoms with Crippen LogP contribution in [0.5, 0.6) is 11.5 Å². The second-order valence-corrected chi connectivity index (χ2v) is 8.57. The Kier molecular flexibility index (Phi) is 7.14. The van der Waals surface area contributed by atoms with Gasteiger partial charge in [-0.15, -0.1) is 0 Å². The first-order valence-corrected chi connectivity index (χ1v) is 11.8. The number of hydrogen-bond donors (Lipinski definition) is 0. The number of fused-ring (bicyclic) bond motifs is 1. The molecule has 0 saturated carbocycles. The van der Waals surface area contributed by atoms with Crippen molar-refractivity contribution in [2.24, 2.45) is 0 Å². The lowest BCUT2D eigenvalue weighted by atomic mass is 10.1. The van der Waals surface area contributed by atoms with Crippen LogP contribution in [0.2, 0.25) is 0 Å². The molecule has 0 unspecified atom stereocenters. The van der Waals surface area contributed by atoms with Crippen LogP contribution in [0.4, 0.5) is 0 Å². The van der Waals surface area contributed by atoms with Gasteiger partial charge in [-0.3, -0.25) is 9.59 Å². The Bertz CT molecular complexity index is 1390. The van der Waals surface area contributed by atoms with E-state index in [1.165, 1.54) is 4.52 Å². The molecule has 2 aromatic heterocycles. The van der Waals surface area contributed by atoms with Crippen LogP contribution < -0.4 is 25.1 Å². The number of benzene rings is 2. The summed E-state index contributed by atoms with van der Waals surface area (Å²) in [7, 11) is 0. The van der Waals surface area contributed by atoms with Crippen molar-refractivity contribution < 1.29 is 9.47 Å². The molecule has 0 radical (unpaired) electrons. The molecule has 7 nitrogen and oxygen atoms in total. The maximum atomic E-state index is 12.9. The molecule has 2 aromatic carbocycles. The predicted molar refractivity (Wildman–Crippen MR) is 129 cm³/mol. The Balaban J connectivity index is 1.60. The lowest BCUT2D eigenvalue weighted by Crippen LogP contribution is -2.28. The highest BCUT2D eigenvalue weighted by Gasteiger charge is 2.12. The molecule has 0 spiro atoms. The Hall–Kier alpha value is -3.52. The molecule has 0 N–H and O–H groups in total. The summed E-state index contributed by atoms with van der Waals surface area (Å²) in [5.41, 5.74) is 1.26. The van der Waals surface area contributed by atoms with E-state index in [1.807, 2.05) is 55.5 Å². The van der Waals surface area contributed by atoms with Crippen LogP contribution in [0.3, 0.4) is 0 Å². The third kappa shape index (κ3) is 5.46. The summed E-state index contributed by atoms with van der Waals surface area (Å²) in [6.45, 7) is 5.42. The van der Waals surface area contributed by atoms with Crippen LogP contribution in [0.15, 0.2) is 58.1 Å². The molecule has 33 heavy (non-hydrogen) atoms. The highest BCUT2D eigenvalue weighted by molar-refractivity contribution is 7.15. The van der Waals surface area contributed by atoms with Crippen LogP contribution in [-0.4, -0.2) is 27.8 Å². The first-order valence-electron chi connectivity index (χ1n) is 11.0. The van der Waals surface area contributed by atoms with Gasteiger partial charge in [0.15, 0.2) is 0 Å². The monoisotopic (exact) mass is 463 g/mol. The highest BCUT2D eigenvalue weighted by atomic mass is 32.1. The molecule has 0 bridgehead atoms. The minimum absolute atomic E-state index is 0.230. The molecule has 0 atom stereocenters. The van der Waals surface area contributed by atoms with Crippen molar-refractivity contribution in [2.75, 3.05) is 13.2 Å². The molecule has 4 rings (SSSR count). The van der Waals surface area contributed by atoms with Crippen molar-refractivity contribution in [2.45, 2.75) is 33.1 Å². The Morgan fingerprint density at radius 3 is 2.12 bits per heavy atom. The van der Waals surface area contributed by atoms with E-state index >= 15 is 0 Å². The van der Waals surface area contributed by atoms with Crippen molar-refractivity contribution in [3.05, 3.63) is 90.6 Å². The van der Waals surface area contributed by atoms with Gasteiger partial charge in [0.25, 0.3) is 11.1 Å². The van der Waals surface area contributed by atoms with Crippen molar-refractivity contribution in [3.63, 3.8) is 0 Å². The summed E-state index contributed by atoms with van der Waals surface area (Å²) in [4.78, 5) is 29.8. The topological polar surface area (TPSA) is 82.8 Å². The molecule has 8 heteroatoms. The minimum Gasteiger partial charge on any atom is -0.494 e. The maximum Gasteiger partial charge on any atom is 0.296 e. The van der Waals surface area contributed by atoms with Gasteiger partial charge in [0.2, 0.25) is 4.96 Å². The van der Waals surface area contributed by atoms with E-state index in [0.29, 0.717) is 17.7 Å². The number of aromatic nitrogens is 3. The van der Waals surface area contributed by atoms with Crippen molar-refractivity contribution in [1.29, 1.82) is 0 Å². The smallest absolute Gasteiger partial charge is 0.296 e. The van der Waals surface area contributed by atoms with E-state index in [4.69, 9.17) is 9.47 Å². The van der Waals surface area contributed by atoms with Gasteiger partial charge in [-0.1, -0.05) is 49.4 Å². The zero-order valence-corrected chi connectivity index (χ0v) is 19.4. The van der Waals surface area contributed by atoms with Gasteiger partial charge in [-0.2, -0.15) is 14.6 Å². The fourth-order valence-corrected chi connectivity index (χ4v) is 4.10. The van der Waals surface area contributed by atoms with E-state index < -0.39 is 5.56 Å². The molecule has 0 aliphatic heterocycles. The van der Waals surface area contributed by atoms with Gasteiger partial charge in [-0.05, 0) is 54.3 Å². The van der Waals surface area contributed by atoms with Crippen LogP contribution in [0, 0.1) is 0 Å². The van der Waals surface area contributed by atoms with Gasteiger partial charge in [-0.25, -0.2) is 0 Å². The van der Waals surface area contributed by atoms with Crippen LogP contribution in [0.1, 0.15) is 43.5 Å². The molecular weight excluding hydrogens is 438 g/mol. The van der Waals surface area contributed by atoms with Crippen LogP contribution >= 0.6 is 11.3 Å². The van der Waals surface area contributed by atoms with Gasteiger partial charge in [0, 0.05) is 6.42 Å². The minimum atomic E-state index is -0.425. The maximum absolute atomic E-state index is 12.9. The van der Waals surface area contributed by atoms with E-state index in [9.17, 15) is 9.59 Å². The fourth-order valence-electron chi connectivity index (χ4n) is 3.20. The zero-order chi connectivity index (χ0) is 23.2. The normalized spacial score (nSPS) is 11.8. The zero-order valence-electron chi connectivity index (χ0n) is 18.6. The summed E-state index contributed by atoms with van der Waals surface area (Å²) in [6.07, 6.45) is 3.93. The predicted octanol–water partition coefficient (Wildman–Crippen LogP) is 3.23. The average molecular weight is 464 g/mol. The third-order valence-corrected chi connectivity index (χ3v) is 5.83. The largest absolute Gasteiger partial charge is 0.494 e. The second-order valence-electron chi connectivity index (χ2n) is 7.56. The van der Waals surface area contributed by atoms with Crippen LogP contribution in [0.25, 0.3) is 11.0 Å². The van der Waals surface area contributed by atoms with Crippen LogP contribution in [-0.2, 0) is 6.42 Å².